The molecule has 1 atom stereocenters. The van der Waals surface area contributed by atoms with Gasteiger partial charge in [-0.15, -0.1) is 0 Å². The molecule has 8 heteroatoms. The van der Waals surface area contributed by atoms with E-state index < -0.39 is 37.8 Å². The van der Waals surface area contributed by atoms with E-state index in [1.54, 1.807) is 6.92 Å². The van der Waals surface area contributed by atoms with Gasteiger partial charge < -0.3 is 10.5 Å². The van der Waals surface area contributed by atoms with Gasteiger partial charge >= 0.3 is 0 Å². The molecule has 1 aliphatic rings. The second-order valence-electron chi connectivity index (χ2n) is 5.10. The Bertz CT molecular complexity index is 613. The Morgan fingerprint density at radius 1 is 1.40 bits per heavy atom. The molecule has 1 fully saturated rings. The molecule has 1 heterocycles. The lowest BCUT2D eigenvalue weighted by atomic mass is 9.97. The summed E-state index contributed by atoms with van der Waals surface area (Å²) in [5.41, 5.74) is 3.56. The van der Waals surface area contributed by atoms with Crippen LogP contribution in [0.15, 0.2) is 17.0 Å². The lowest BCUT2D eigenvalue weighted by Gasteiger charge is -2.33. The topological polar surface area (TPSA) is 81.4 Å². The van der Waals surface area contributed by atoms with Gasteiger partial charge in [-0.3, -0.25) is 0 Å². The van der Waals surface area contributed by atoms with Gasteiger partial charge in [-0.25, -0.2) is 21.9 Å². The van der Waals surface area contributed by atoms with Gasteiger partial charge in [-0.05, 0) is 31.9 Å². The van der Waals surface area contributed by atoms with Crippen LogP contribution in [0.4, 0.5) is 14.5 Å². The minimum Gasteiger partial charge on any atom is -0.394 e. The summed E-state index contributed by atoms with van der Waals surface area (Å²) < 4.78 is 59.0. The molecule has 20 heavy (non-hydrogen) atoms. The molecular formula is C12H16F2N2O3S. The molecule has 0 spiro atoms. The highest BCUT2D eigenvalue weighted by atomic mass is 32.2. The van der Waals surface area contributed by atoms with Crippen molar-refractivity contribution in [1.29, 1.82) is 0 Å². The summed E-state index contributed by atoms with van der Waals surface area (Å²) in [6.07, 6.45) is 1.28. The van der Waals surface area contributed by atoms with Crippen LogP contribution >= 0.6 is 0 Å². The van der Waals surface area contributed by atoms with Crippen molar-refractivity contribution in [2.45, 2.75) is 30.2 Å². The van der Waals surface area contributed by atoms with E-state index in [-0.39, 0.29) is 6.61 Å². The number of ether oxygens (including phenoxy) is 1. The van der Waals surface area contributed by atoms with Crippen molar-refractivity contribution in [2.24, 2.45) is 0 Å². The Balaban J connectivity index is 2.33. The molecular weight excluding hydrogens is 290 g/mol. The summed E-state index contributed by atoms with van der Waals surface area (Å²) in [5.74, 6) is -2.27. The quantitative estimate of drug-likeness (QED) is 0.827. The molecule has 3 N–H and O–H groups in total. The van der Waals surface area contributed by atoms with Crippen LogP contribution in [0.3, 0.4) is 0 Å². The average molecular weight is 306 g/mol. The Hall–Kier alpha value is -1.25. The average Bonchev–Trinajstić information content (AvgIpc) is 2.35. The first kappa shape index (κ1) is 15.1. The van der Waals surface area contributed by atoms with Crippen LogP contribution in [-0.4, -0.2) is 27.2 Å². The second-order valence-corrected chi connectivity index (χ2v) is 6.75. The number of nitrogens with one attached hydrogen (secondary N) is 1. The fourth-order valence-corrected chi connectivity index (χ4v) is 3.66. The zero-order valence-electron chi connectivity index (χ0n) is 10.9. The molecule has 0 aromatic heterocycles. The Morgan fingerprint density at radius 3 is 2.70 bits per heavy atom. The predicted octanol–water partition coefficient (Wildman–Crippen LogP) is 1.39. The van der Waals surface area contributed by atoms with Crippen molar-refractivity contribution in [3.63, 3.8) is 0 Å². The molecule has 1 aromatic rings. The maximum Gasteiger partial charge on any atom is 0.244 e. The number of rotatable bonds is 3. The minimum absolute atomic E-state index is 0.199. The highest BCUT2D eigenvalue weighted by Crippen LogP contribution is 2.26. The van der Waals surface area contributed by atoms with Crippen LogP contribution in [0.25, 0.3) is 0 Å². The van der Waals surface area contributed by atoms with Gasteiger partial charge in [0, 0.05) is 6.61 Å². The highest BCUT2D eigenvalue weighted by Gasteiger charge is 2.34. The third-order valence-corrected chi connectivity index (χ3v) is 4.86. The van der Waals surface area contributed by atoms with Crippen molar-refractivity contribution in [1.82, 2.24) is 4.72 Å². The third-order valence-electron chi connectivity index (χ3n) is 3.20. The largest absolute Gasteiger partial charge is 0.394 e. The molecule has 1 aromatic carbocycles. The van der Waals surface area contributed by atoms with Gasteiger partial charge in [-0.1, -0.05) is 0 Å². The number of hydrogen-bond donors (Lipinski definition) is 2. The lowest BCUT2D eigenvalue weighted by molar-refractivity contribution is 0.0386. The van der Waals surface area contributed by atoms with E-state index >= 15 is 0 Å². The molecule has 1 aliphatic heterocycles. The fraction of sp³-hybridized carbons (Fsp3) is 0.500. The van der Waals surface area contributed by atoms with Gasteiger partial charge in [0.05, 0.1) is 12.1 Å². The SMILES string of the molecule is CC1(NS(=O)(=O)c2ccc(F)c(N)c2F)CCCOC1. The monoisotopic (exact) mass is 306 g/mol. The molecule has 0 saturated carbocycles. The first-order chi connectivity index (χ1) is 9.25. The molecule has 0 aliphatic carbocycles. The normalized spacial score (nSPS) is 23.8. The molecule has 0 radical (unpaired) electrons. The van der Waals surface area contributed by atoms with E-state index in [0.29, 0.717) is 19.4 Å². The van der Waals surface area contributed by atoms with Crippen LogP contribution in [-0.2, 0) is 14.8 Å². The molecule has 1 unspecified atom stereocenters. The number of sulfonamides is 1. The number of halogens is 2. The van der Waals surface area contributed by atoms with Gasteiger partial charge in [0.25, 0.3) is 0 Å². The van der Waals surface area contributed by atoms with E-state index in [0.717, 1.165) is 12.1 Å². The first-order valence-corrected chi connectivity index (χ1v) is 7.59. The summed E-state index contributed by atoms with van der Waals surface area (Å²) in [4.78, 5) is -0.664. The van der Waals surface area contributed by atoms with Crippen LogP contribution in [0.1, 0.15) is 19.8 Å². The van der Waals surface area contributed by atoms with Crippen molar-refractivity contribution < 1.29 is 21.9 Å². The first-order valence-electron chi connectivity index (χ1n) is 6.10. The lowest BCUT2D eigenvalue weighted by Crippen LogP contribution is -2.51. The van der Waals surface area contributed by atoms with Crippen LogP contribution in [0, 0.1) is 11.6 Å². The Kier molecular flexibility index (Phi) is 3.99. The van der Waals surface area contributed by atoms with E-state index in [4.69, 9.17) is 10.5 Å². The summed E-state index contributed by atoms with van der Waals surface area (Å²) >= 11 is 0. The standard InChI is InChI=1S/C12H16F2N2O3S/c1-12(5-2-6-19-7-12)16-20(17,18)9-4-3-8(13)11(15)10(9)14/h3-4,16H,2,5-7,15H2,1H3. The number of nitrogen functional groups attached to an aromatic ring is 1. The van der Waals surface area contributed by atoms with Gasteiger partial charge in [0.2, 0.25) is 10.0 Å². The molecule has 112 valence electrons. The highest BCUT2D eigenvalue weighted by molar-refractivity contribution is 7.89. The minimum atomic E-state index is -4.14. The number of nitrogens with two attached hydrogens (primary N) is 1. The molecule has 0 amide bonds. The summed E-state index contributed by atoms with van der Waals surface area (Å²) in [6.45, 7) is 2.44. The molecule has 5 nitrogen and oxygen atoms in total. The Morgan fingerprint density at radius 2 is 2.10 bits per heavy atom. The summed E-state index contributed by atoms with van der Waals surface area (Å²) in [6, 6.07) is 1.68. The number of anilines is 1. The zero-order chi connectivity index (χ0) is 15.0. The number of hydrogen-bond acceptors (Lipinski definition) is 4. The third kappa shape index (κ3) is 2.92. The van der Waals surface area contributed by atoms with Gasteiger partial charge in [0.1, 0.15) is 16.4 Å². The second kappa shape index (κ2) is 5.27. The maximum atomic E-state index is 13.8. The smallest absolute Gasteiger partial charge is 0.244 e. The van der Waals surface area contributed by atoms with Crippen LogP contribution in [0.2, 0.25) is 0 Å². The maximum absolute atomic E-state index is 13.8. The molecule has 2 rings (SSSR count). The van der Waals surface area contributed by atoms with Gasteiger partial charge in [-0.2, -0.15) is 0 Å². The van der Waals surface area contributed by atoms with Crippen molar-refractivity contribution in [3.8, 4) is 0 Å². The van der Waals surface area contributed by atoms with Crippen molar-refractivity contribution in [3.05, 3.63) is 23.8 Å². The van der Waals surface area contributed by atoms with Crippen LogP contribution < -0.4 is 10.5 Å². The molecule has 1 saturated heterocycles. The number of benzene rings is 1. The predicted molar refractivity (Wildman–Crippen MR) is 69.5 cm³/mol. The van der Waals surface area contributed by atoms with E-state index in [1.165, 1.54) is 0 Å². The Labute approximate surface area is 116 Å². The van der Waals surface area contributed by atoms with Crippen molar-refractivity contribution >= 4 is 15.7 Å². The van der Waals surface area contributed by atoms with E-state index in [1.807, 2.05) is 0 Å². The van der Waals surface area contributed by atoms with Gasteiger partial charge in [0.15, 0.2) is 5.82 Å². The zero-order valence-corrected chi connectivity index (χ0v) is 11.8. The summed E-state index contributed by atoms with van der Waals surface area (Å²) in [7, 11) is -4.14. The van der Waals surface area contributed by atoms with Crippen LogP contribution in [0.5, 0.6) is 0 Å². The van der Waals surface area contributed by atoms with Crippen molar-refractivity contribution in [2.75, 3.05) is 18.9 Å². The summed E-state index contributed by atoms with van der Waals surface area (Å²) in [5, 5.41) is 0. The molecule has 0 bridgehead atoms. The van der Waals surface area contributed by atoms with E-state index in [2.05, 4.69) is 4.72 Å². The van der Waals surface area contributed by atoms with E-state index in [9.17, 15) is 17.2 Å². The fourth-order valence-electron chi connectivity index (χ4n) is 2.15.